The molecule has 0 N–H and O–H groups in total. The van der Waals surface area contributed by atoms with Crippen LogP contribution >= 0.6 is 34.0 Å². The molecule has 43 heavy (non-hydrogen) atoms. The summed E-state index contributed by atoms with van der Waals surface area (Å²) in [7, 11) is 0. The normalized spacial score (nSPS) is 13.0. The van der Waals surface area contributed by atoms with Crippen molar-refractivity contribution in [1.82, 2.24) is 0 Å². The molecule has 3 heterocycles. The van der Waals surface area contributed by atoms with Gasteiger partial charge in [-0.15, -0.1) is 0 Å². The Morgan fingerprint density at radius 1 is 0.419 bits per heavy atom. The summed E-state index contributed by atoms with van der Waals surface area (Å²) in [6.07, 6.45) is 18.9. The molecule has 2 aromatic carbocycles. The topological polar surface area (TPSA) is 0 Å². The summed E-state index contributed by atoms with van der Waals surface area (Å²) >= 11 is 2.10. The molecule has 234 valence electrons. The van der Waals surface area contributed by atoms with Gasteiger partial charge in [-0.3, -0.25) is 0 Å². The summed E-state index contributed by atoms with van der Waals surface area (Å²) < 4.78 is 9.86. The molecule has 0 bridgehead atoms. The van der Waals surface area contributed by atoms with Crippen molar-refractivity contribution in [2.45, 2.75) is 133 Å². The van der Waals surface area contributed by atoms with E-state index in [-0.39, 0.29) is 0 Å². The van der Waals surface area contributed by atoms with Gasteiger partial charge in [-0.2, -0.15) is 0 Å². The Labute approximate surface area is 282 Å². The number of hydrogen-bond donors (Lipinski definition) is 0. The summed E-state index contributed by atoms with van der Waals surface area (Å²) in [5, 5.41) is 6.32. The third kappa shape index (κ3) is 8.01. The summed E-state index contributed by atoms with van der Waals surface area (Å²) in [6.45, 7) is 4.64. The van der Waals surface area contributed by atoms with Crippen LogP contribution in [0.25, 0.3) is 40.3 Å². The molecule has 5 rings (SSSR count). The molecule has 0 aliphatic carbocycles. The molecule has 0 aliphatic heterocycles. The predicted octanol–water partition coefficient (Wildman–Crippen LogP) is 13.4. The van der Waals surface area contributed by atoms with E-state index in [4.69, 9.17) is 0 Å². The first kappa shape index (κ1) is 34.5. The zero-order valence-corrected chi connectivity index (χ0v) is 36.6. The minimum absolute atomic E-state index is 1.24. The van der Waals surface area contributed by atoms with E-state index in [2.05, 4.69) is 102 Å². The van der Waals surface area contributed by atoms with Crippen molar-refractivity contribution >= 4 is 117 Å². The molecule has 5 heteroatoms. The first-order valence-corrected chi connectivity index (χ1v) is 39.8. The zero-order chi connectivity index (χ0) is 30.8. The number of thiophene rings is 3. The van der Waals surface area contributed by atoms with Crippen LogP contribution in [0, 0.1) is 0 Å². The summed E-state index contributed by atoms with van der Waals surface area (Å²) in [5.41, 5.74) is 3.26. The van der Waals surface area contributed by atoms with Gasteiger partial charge in [-0.05, 0) is 0 Å². The van der Waals surface area contributed by atoms with E-state index < -0.39 is 36.8 Å². The van der Waals surface area contributed by atoms with Gasteiger partial charge in [0, 0.05) is 0 Å². The average molecular weight is 846 g/mol. The Morgan fingerprint density at radius 3 is 1.14 bits per heavy atom. The van der Waals surface area contributed by atoms with E-state index in [0.717, 1.165) is 0 Å². The van der Waals surface area contributed by atoms with Crippen LogP contribution < -0.4 is 5.79 Å². The van der Waals surface area contributed by atoms with Gasteiger partial charge >= 0.3 is 286 Å². The quantitative estimate of drug-likeness (QED) is 0.0686. The number of hydrogen-bond acceptors (Lipinski definition) is 3. The number of unbranched alkanes of at least 4 members (excludes halogenated alkanes) is 10. The summed E-state index contributed by atoms with van der Waals surface area (Å²) in [6, 6.07) is 10.6. The number of rotatable bonds is 16. The van der Waals surface area contributed by atoms with Crippen LogP contribution in [0.4, 0.5) is 0 Å². The molecule has 0 fully saturated rings. The van der Waals surface area contributed by atoms with Crippen LogP contribution in [-0.2, 0) is 12.8 Å². The fraction of sp³-hybridized carbons (Fsp3) is 0.579. The molecule has 0 saturated heterocycles. The Bertz CT molecular complexity index is 1550. The van der Waals surface area contributed by atoms with Gasteiger partial charge in [0.2, 0.25) is 0 Å². The number of aryl methyl sites for hydroxylation is 2. The van der Waals surface area contributed by atoms with Crippen molar-refractivity contribution in [3.8, 4) is 0 Å². The van der Waals surface area contributed by atoms with Gasteiger partial charge in [0.25, 0.3) is 0 Å². The van der Waals surface area contributed by atoms with E-state index in [1.807, 2.05) is 0 Å². The summed E-state index contributed by atoms with van der Waals surface area (Å²) in [5.74, 6) is 0. The third-order valence-electron chi connectivity index (χ3n) is 9.27. The molecule has 0 radical (unpaired) electrons. The SMILES string of the molecule is CCCCCCCCc1cc2c3cc(CCCCCCCC)c4c[c]([Sn]([CH3])([CH3])[CH3])sc4c3sc2c2s[c]([Sn]([CH3])([CH3])[CH3])cc12. The van der Waals surface area contributed by atoms with E-state index in [1.54, 1.807) is 57.3 Å². The van der Waals surface area contributed by atoms with E-state index in [0.29, 0.717) is 0 Å². The second-order valence-corrected chi connectivity index (χ2v) is 49.1. The summed E-state index contributed by atoms with van der Waals surface area (Å²) in [4.78, 5) is 15.6. The Kier molecular flexibility index (Phi) is 12.0. The molecule has 3 aromatic heterocycles. The first-order valence-electron chi connectivity index (χ1n) is 17.4. The molecule has 0 spiro atoms. The van der Waals surface area contributed by atoms with Crippen LogP contribution in [0.1, 0.15) is 102 Å². The maximum atomic E-state index is 2.66. The van der Waals surface area contributed by atoms with Gasteiger partial charge in [0.1, 0.15) is 0 Å². The molecular formula is C38H56S3Sn2. The van der Waals surface area contributed by atoms with Gasteiger partial charge in [0.05, 0.1) is 0 Å². The molecular weight excluding hydrogens is 790 g/mol. The average Bonchev–Trinajstić information content (AvgIpc) is 3.67. The fourth-order valence-electron chi connectivity index (χ4n) is 6.53. The van der Waals surface area contributed by atoms with Crippen molar-refractivity contribution in [2.75, 3.05) is 0 Å². The fourth-order valence-corrected chi connectivity index (χ4v) is 20.9. The number of fused-ring (bicyclic) bond motifs is 7. The van der Waals surface area contributed by atoms with Crippen molar-refractivity contribution in [1.29, 1.82) is 0 Å². The maximum absolute atomic E-state index is 2.66. The number of benzene rings is 2. The molecule has 0 unspecified atom stereocenters. The van der Waals surface area contributed by atoms with Crippen molar-refractivity contribution < 1.29 is 0 Å². The van der Waals surface area contributed by atoms with Crippen molar-refractivity contribution in [3.05, 3.63) is 35.4 Å². The Hall–Kier alpha value is 0.177. The van der Waals surface area contributed by atoms with E-state index in [9.17, 15) is 0 Å². The molecule has 0 amide bonds. The minimum atomic E-state index is -2.19. The van der Waals surface area contributed by atoms with Crippen LogP contribution in [0.2, 0.25) is 29.6 Å². The molecule has 0 nitrogen and oxygen atoms in total. The van der Waals surface area contributed by atoms with Crippen LogP contribution in [0.5, 0.6) is 0 Å². The van der Waals surface area contributed by atoms with E-state index >= 15 is 0 Å². The molecule has 0 aliphatic rings. The molecule has 0 atom stereocenters. The zero-order valence-electron chi connectivity index (χ0n) is 28.4. The van der Waals surface area contributed by atoms with Crippen molar-refractivity contribution in [2.24, 2.45) is 0 Å². The van der Waals surface area contributed by atoms with Gasteiger partial charge < -0.3 is 0 Å². The molecule has 0 saturated carbocycles. The molecule has 5 aromatic rings. The Balaban J connectivity index is 1.63. The monoisotopic (exact) mass is 848 g/mol. The van der Waals surface area contributed by atoms with Crippen molar-refractivity contribution in [3.63, 3.8) is 0 Å². The first-order chi connectivity index (χ1) is 20.5. The second kappa shape index (κ2) is 14.9. The predicted molar refractivity (Wildman–Crippen MR) is 210 cm³/mol. The van der Waals surface area contributed by atoms with Gasteiger partial charge in [0.15, 0.2) is 0 Å². The van der Waals surface area contributed by atoms with E-state index in [1.165, 1.54) is 89.9 Å². The van der Waals surface area contributed by atoms with Crippen LogP contribution in [0.3, 0.4) is 0 Å². The van der Waals surface area contributed by atoms with Crippen LogP contribution in [0.15, 0.2) is 24.3 Å². The Morgan fingerprint density at radius 2 is 0.767 bits per heavy atom. The van der Waals surface area contributed by atoms with Gasteiger partial charge in [-0.25, -0.2) is 0 Å². The standard InChI is InChI=1S/C32H38S3.6CH3.2Sn/c1-3-5-7-9-11-13-15-23-21-27-28-22-24(16-14-12-10-8-6-4-2)26-18-20-34-30(26)32(28)35-31(27)29-25(23)17-19-33-29;;;;;;;;/h17-18,21-22H,3-16H2,1-2H3;6*1H3;;. The van der Waals surface area contributed by atoms with Gasteiger partial charge in [-0.1, -0.05) is 0 Å². The van der Waals surface area contributed by atoms with Crippen LogP contribution in [-0.4, -0.2) is 36.8 Å². The third-order valence-corrected chi connectivity index (χ3v) is 31.9. The second-order valence-electron chi connectivity index (χ2n) is 15.2.